The van der Waals surface area contributed by atoms with E-state index in [1.165, 1.54) is 0 Å². The Bertz CT molecular complexity index is 1510. The molecule has 1 fully saturated rings. The first-order valence-electron chi connectivity index (χ1n) is 11.5. The van der Waals surface area contributed by atoms with Gasteiger partial charge in [0.2, 0.25) is 5.91 Å². The number of amides is 4. The molecule has 0 spiro atoms. The van der Waals surface area contributed by atoms with E-state index in [0.717, 1.165) is 15.7 Å². The number of carbonyl (C=O) groups excluding carboxylic acids is 4. The van der Waals surface area contributed by atoms with E-state index >= 15 is 0 Å². The van der Waals surface area contributed by atoms with Crippen molar-refractivity contribution in [3.63, 3.8) is 0 Å². The predicted octanol–water partition coefficient (Wildman–Crippen LogP) is 4.48. The summed E-state index contributed by atoms with van der Waals surface area (Å²) < 4.78 is 0. The van der Waals surface area contributed by atoms with E-state index in [9.17, 15) is 19.2 Å². The first-order valence-corrected chi connectivity index (χ1v) is 11.5. The van der Waals surface area contributed by atoms with Crippen LogP contribution in [-0.2, 0) is 15.1 Å². The lowest BCUT2D eigenvalue weighted by Gasteiger charge is -2.24. The molecule has 0 aliphatic carbocycles. The number of nitrogens with one attached hydrogen (secondary N) is 2. The second-order valence-corrected chi connectivity index (χ2v) is 8.76. The summed E-state index contributed by atoms with van der Waals surface area (Å²) in [5.74, 6) is -1.35. The summed E-state index contributed by atoms with van der Waals surface area (Å²) in [4.78, 5) is 53.1. The van der Waals surface area contributed by atoms with Crippen molar-refractivity contribution in [3.05, 3.63) is 114 Å². The number of benzene rings is 4. The maximum absolute atomic E-state index is 13.4. The third-order valence-electron chi connectivity index (χ3n) is 6.39. The molecule has 2 N–H and O–H groups in total. The van der Waals surface area contributed by atoms with E-state index in [2.05, 4.69) is 10.6 Å². The Labute approximate surface area is 207 Å². The fraction of sp³-hybridized carbons (Fsp3) is 0.103. The molecule has 4 aromatic carbocycles. The van der Waals surface area contributed by atoms with Gasteiger partial charge in [-0.05, 0) is 35.4 Å². The topological polar surface area (TPSA) is 95.6 Å². The van der Waals surface area contributed by atoms with Gasteiger partial charge in [-0.25, -0.2) is 4.79 Å². The second kappa shape index (κ2) is 9.11. The van der Waals surface area contributed by atoms with Crippen molar-refractivity contribution in [1.82, 2.24) is 10.2 Å². The van der Waals surface area contributed by atoms with E-state index in [4.69, 9.17) is 0 Å². The second-order valence-electron chi connectivity index (χ2n) is 8.76. The van der Waals surface area contributed by atoms with Gasteiger partial charge in [0, 0.05) is 11.1 Å². The number of nitrogens with zero attached hydrogens (tertiary/aromatic N) is 1. The Morgan fingerprint density at radius 2 is 1.50 bits per heavy atom. The summed E-state index contributed by atoms with van der Waals surface area (Å²) in [7, 11) is 0. The van der Waals surface area contributed by atoms with Crippen LogP contribution in [0.1, 0.15) is 28.4 Å². The Morgan fingerprint density at radius 1 is 0.833 bits per heavy atom. The van der Waals surface area contributed by atoms with Crippen LogP contribution in [0.4, 0.5) is 10.5 Å². The predicted molar refractivity (Wildman–Crippen MR) is 136 cm³/mol. The van der Waals surface area contributed by atoms with Crippen molar-refractivity contribution in [1.29, 1.82) is 0 Å². The normalized spacial score (nSPS) is 17.2. The molecule has 1 saturated heterocycles. The third-order valence-corrected chi connectivity index (χ3v) is 6.39. The van der Waals surface area contributed by atoms with Crippen LogP contribution in [0.5, 0.6) is 0 Å². The van der Waals surface area contributed by atoms with Crippen molar-refractivity contribution in [2.45, 2.75) is 12.5 Å². The first-order chi connectivity index (χ1) is 17.4. The molecule has 1 heterocycles. The van der Waals surface area contributed by atoms with Crippen LogP contribution in [0.3, 0.4) is 0 Å². The lowest BCUT2D eigenvalue weighted by Crippen LogP contribution is -2.42. The standard InChI is InChI=1S/C29H23N3O4/c1-29(23-16-9-13-19-10-5-6-14-21(19)23)27(35)32(28(36)31-29)18-25(33)30-24-17-8-7-15-22(24)26(34)20-11-3-2-4-12-20/h2-17H,18H2,1H3,(H,30,33)(H,31,36)/t29-/m0/s1. The summed E-state index contributed by atoms with van der Waals surface area (Å²) in [6.07, 6.45) is 0. The van der Waals surface area contributed by atoms with Crippen LogP contribution in [0.2, 0.25) is 0 Å². The Balaban J connectivity index is 1.37. The van der Waals surface area contributed by atoms with Crippen molar-refractivity contribution >= 4 is 40.1 Å². The van der Waals surface area contributed by atoms with Gasteiger partial charge in [-0.1, -0.05) is 84.9 Å². The molecule has 5 rings (SSSR count). The van der Waals surface area contributed by atoms with Crippen LogP contribution in [-0.4, -0.2) is 35.1 Å². The van der Waals surface area contributed by atoms with Crippen LogP contribution < -0.4 is 10.6 Å². The minimum atomic E-state index is -1.32. The highest BCUT2D eigenvalue weighted by Crippen LogP contribution is 2.33. The number of hydrogen-bond acceptors (Lipinski definition) is 4. The zero-order valence-corrected chi connectivity index (χ0v) is 19.5. The molecule has 0 saturated carbocycles. The third kappa shape index (κ3) is 4.01. The number of para-hydroxylation sites is 1. The van der Waals surface area contributed by atoms with Crippen LogP contribution in [0, 0.1) is 0 Å². The Hall–Kier alpha value is -4.78. The van der Waals surface area contributed by atoms with Crippen molar-refractivity contribution in [3.8, 4) is 0 Å². The molecule has 7 heteroatoms. The van der Waals surface area contributed by atoms with E-state index in [0.29, 0.717) is 22.4 Å². The molecule has 0 unspecified atom stereocenters. The first kappa shape index (κ1) is 23.0. The highest BCUT2D eigenvalue weighted by Gasteiger charge is 2.50. The maximum Gasteiger partial charge on any atom is 0.325 e. The SMILES string of the molecule is C[C@@]1(c2cccc3ccccc23)NC(=O)N(CC(=O)Nc2ccccc2C(=O)c2ccccc2)C1=O. The molecule has 1 atom stereocenters. The van der Waals surface area contributed by atoms with E-state index < -0.39 is 29.9 Å². The number of rotatable bonds is 6. The summed E-state index contributed by atoms with van der Waals surface area (Å²) in [5.41, 5.74) is 0.439. The molecule has 4 amide bonds. The van der Waals surface area contributed by atoms with Gasteiger partial charge >= 0.3 is 6.03 Å². The summed E-state index contributed by atoms with van der Waals surface area (Å²) in [5, 5.41) is 7.24. The van der Waals surface area contributed by atoms with Crippen molar-refractivity contribution in [2.24, 2.45) is 0 Å². The summed E-state index contributed by atoms with van der Waals surface area (Å²) >= 11 is 0. The van der Waals surface area contributed by atoms with Gasteiger partial charge in [0.1, 0.15) is 12.1 Å². The van der Waals surface area contributed by atoms with E-state index in [-0.39, 0.29) is 5.78 Å². The molecular formula is C29H23N3O4. The summed E-state index contributed by atoms with van der Waals surface area (Å²) in [6, 6.07) is 27.9. The van der Waals surface area contributed by atoms with Gasteiger partial charge in [0.05, 0.1) is 5.69 Å². The molecule has 4 aromatic rings. The monoisotopic (exact) mass is 477 g/mol. The molecule has 1 aliphatic heterocycles. The smallest absolute Gasteiger partial charge is 0.324 e. The average molecular weight is 478 g/mol. The largest absolute Gasteiger partial charge is 0.325 e. The van der Waals surface area contributed by atoms with Gasteiger partial charge in [0.25, 0.3) is 5.91 Å². The van der Waals surface area contributed by atoms with Crippen molar-refractivity contribution in [2.75, 3.05) is 11.9 Å². The number of urea groups is 1. The lowest BCUT2D eigenvalue weighted by molar-refractivity contribution is -0.133. The van der Waals surface area contributed by atoms with Gasteiger partial charge in [0.15, 0.2) is 5.78 Å². The minimum Gasteiger partial charge on any atom is -0.324 e. The van der Waals surface area contributed by atoms with Gasteiger partial charge in [-0.15, -0.1) is 0 Å². The van der Waals surface area contributed by atoms with Gasteiger partial charge in [-0.3, -0.25) is 19.3 Å². The van der Waals surface area contributed by atoms with E-state index in [1.807, 2.05) is 42.5 Å². The molecular weight excluding hydrogens is 454 g/mol. The number of ketones is 1. The molecule has 0 bridgehead atoms. The van der Waals surface area contributed by atoms with Crippen molar-refractivity contribution < 1.29 is 19.2 Å². The molecule has 36 heavy (non-hydrogen) atoms. The van der Waals surface area contributed by atoms with E-state index in [1.54, 1.807) is 61.5 Å². The number of hydrogen-bond donors (Lipinski definition) is 2. The van der Waals surface area contributed by atoms with Gasteiger partial charge in [-0.2, -0.15) is 0 Å². The number of anilines is 1. The number of imide groups is 1. The minimum absolute atomic E-state index is 0.245. The number of fused-ring (bicyclic) bond motifs is 1. The Morgan fingerprint density at radius 3 is 2.31 bits per heavy atom. The fourth-order valence-corrected chi connectivity index (χ4v) is 4.55. The average Bonchev–Trinajstić information content (AvgIpc) is 3.12. The highest BCUT2D eigenvalue weighted by atomic mass is 16.2. The van der Waals surface area contributed by atoms with Gasteiger partial charge < -0.3 is 10.6 Å². The molecule has 0 aromatic heterocycles. The zero-order chi connectivity index (χ0) is 25.3. The van der Waals surface area contributed by atoms with Crippen LogP contribution in [0.15, 0.2) is 97.1 Å². The molecule has 0 radical (unpaired) electrons. The molecule has 178 valence electrons. The summed E-state index contributed by atoms with van der Waals surface area (Å²) in [6.45, 7) is 1.15. The highest BCUT2D eigenvalue weighted by molar-refractivity contribution is 6.15. The quantitative estimate of drug-likeness (QED) is 0.316. The lowest BCUT2D eigenvalue weighted by atomic mass is 9.88. The molecule has 7 nitrogen and oxygen atoms in total. The maximum atomic E-state index is 13.4. The Kier molecular flexibility index (Phi) is 5.82. The number of carbonyl (C=O) groups is 4. The molecule has 1 aliphatic rings. The zero-order valence-electron chi connectivity index (χ0n) is 19.5. The van der Waals surface area contributed by atoms with Crippen LogP contribution >= 0.6 is 0 Å². The van der Waals surface area contributed by atoms with Crippen LogP contribution in [0.25, 0.3) is 10.8 Å². The fourth-order valence-electron chi connectivity index (χ4n) is 4.55.